The predicted octanol–water partition coefficient (Wildman–Crippen LogP) is -1.81. The van der Waals surface area contributed by atoms with E-state index in [-0.39, 0.29) is 41.9 Å². The van der Waals surface area contributed by atoms with Gasteiger partial charge in [-0.25, -0.2) is 15.0 Å². The summed E-state index contributed by atoms with van der Waals surface area (Å²) in [6, 6.07) is 22.2. The van der Waals surface area contributed by atoms with E-state index < -0.39 is 0 Å². The van der Waals surface area contributed by atoms with Crippen molar-refractivity contribution in [2.75, 3.05) is 0 Å². The summed E-state index contributed by atoms with van der Waals surface area (Å²) >= 11 is 0. The Labute approximate surface area is 191 Å². The molecule has 0 atom stereocenters. The SMILES string of the molecule is Cn1c(-c2cccc(-c3nc4ccccc4n3C)n2)nc2ccccc21.[Cl-].[Cl-].[Fe+2]. The van der Waals surface area contributed by atoms with Crippen molar-refractivity contribution in [1.29, 1.82) is 0 Å². The molecule has 5 aromatic rings. The first-order chi connectivity index (χ1) is 12.7. The molecule has 0 saturated heterocycles. The fourth-order valence-electron chi connectivity index (χ4n) is 3.43. The van der Waals surface area contributed by atoms with Crippen LogP contribution in [-0.4, -0.2) is 24.1 Å². The van der Waals surface area contributed by atoms with Crippen molar-refractivity contribution in [2.24, 2.45) is 14.1 Å². The number of imidazole rings is 2. The normalized spacial score (nSPS) is 10.3. The van der Waals surface area contributed by atoms with Gasteiger partial charge in [0.15, 0.2) is 11.6 Å². The molecule has 8 heteroatoms. The van der Waals surface area contributed by atoms with Gasteiger partial charge >= 0.3 is 17.1 Å². The third-order valence-corrected chi connectivity index (χ3v) is 4.78. The third-order valence-electron chi connectivity index (χ3n) is 4.78. The molecule has 5 rings (SSSR count). The Morgan fingerprint density at radius 1 is 0.552 bits per heavy atom. The Morgan fingerprint density at radius 3 is 1.38 bits per heavy atom. The zero-order chi connectivity index (χ0) is 17.7. The molecule has 0 spiro atoms. The summed E-state index contributed by atoms with van der Waals surface area (Å²) in [6.45, 7) is 0. The zero-order valence-electron chi connectivity index (χ0n) is 15.7. The smallest absolute Gasteiger partial charge is 1.00 e. The number of aryl methyl sites for hydroxylation is 2. The van der Waals surface area contributed by atoms with Gasteiger partial charge in [-0.2, -0.15) is 0 Å². The Kier molecular flexibility index (Phi) is 7.09. The minimum atomic E-state index is 0. The van der Waals surface area contributed by atoms with Crippen molar-refractivity contribution in [1.82, 2.24) is 24.1 Å². The van der Waals surface area contributed by atoms with Gasteiger partial charge in [0, 0.05) is 14.1 Å². The summed E-state index contributed by atoms with van der Waals surface area (Å²) in [4.78, 5) is 14.4. The quantitative estimate of drug-likeness (QED) is 0.289. The summed E-state index contributed by atoms with van der Waals surface area (Å²) in [5, 5.41) is 0. The molecule has 0 unspecified atom stereocenters. The van der Waals surface area contributed by atoms with Gasteiger partial charge in [-0.15, -0.1) is 0 Å². The molecule has 0 N–H and O–H groups in total. The van der Waals surface area contributed by atoms with E-state index in [0.29, 0.717) is 0 Å². The summed E-state index contributed by atoms with van der Waals surface area (Å²) in [7, 11) is 4.04. The maximum atomic E-state index is 4.86. The van der Waals surface area contributed by atoms with E-state index in [2.05, 4.69) is 21.3 Å². The van der Waals surface area contributed by atoms with Crippen molar-refractivity contribution in [3.63, 3.8) is 0 Å². The largest absolute Gasteiger partial charge is 2.00 e. The Morgan fingerprint density at radius 2 is 0.966 bits per heavy atom. The van der Waals surface area contributed by atoms with E-state index >= 15 is 0 Å². The van der Waals surface area contributed by atoms with E-state index in [1.165, 1.54) is 0 Å². The molecule has 3 heterocycles. The van der Waals surface area contributed by atoms with Crippen LogP contribution in [0.1, 0.15) is 0 Å². The molecule has 148 valence electrons. The van der Waals surface area contributed by atoms with Crippen molar-refractivity contribution in [3.8, 4) is 23.0 Å². The fraction of sp³-hybridized carbons (Fsp3) is 0.0952. The van der Waals surface area contributed by atoms with Gasteiger partial charge in [-0.3, -0.25) is 0 Å². The minimum absolute atomic E-state index is 0. The Bertz CT molecular complexity index is 1180. The molecule has 0 aliphatic heterocycles. The van der Waals surface area contributed by atoms with Crippen LogP contribution in [0.2, 0.25) is 0 Å². The first kappa shape index (κ1) is 22.9. The van der Waals surface area contributed by atoms with E-state index in [9.17, 15) is 0 Å². The van der Waals surface area contributed by atoms with Crippen molar-refractivity contribution < 1.29 is 41.9 Å². The average Bonchev–Trinajstić information content (AvgIpc) is 3.20. The molecule has 0 fully saturated rings. The monoisotopic (exact) mass is 465 g/mol. The van der Waals surface area contributed by atoms with E-state index in [4.69, 9.17) is 15.0 Å². The van der Waals surface area contributed by atoms with Crippen LogP contribution >= 0.6 is 0 Å². The van der Waals surface area contributed by atoms with Crippen LogP contribution in [0.15, 0.2) is 66.7 Å². The van der Waals surface area contributed by atoms with Gasteiger partial charge in [0.25, 0.3) is 0 Å². The molecule has 0 bridgehead atoms. The van der Waals surface area contributed by atoms with Crippen LogP contribution < -0.4 is 24.8 Å². The summed E-state index contributed by atoms with van der Waals surface area (Å²) in [6.07, 6.45) is 0. The van der Waals surface area contributed by atoms with Gasteiger partial charge < -0.3 is 33.9 Å². The summed E-state index contributed by atoms with van der Waals surface area (Å²) in [5.41, 5.74) is 5.82. The van der Waals surface area contributed by atoms with Crippen molar-refractivity contribution in [2.45, 2.75) is 0 Å². The van der Waals surface area contributed by atoms with Gasteiger partial charge in [0.05, 0.1) is 22.1 Å². The number of benzene rings is 2. The van der Waals surface area contributed by atoms with Gasteiger partial charge in [-0.05, 0) is 36.4 Å². The Balaban J connectivity index is 0.000001000. The summed E-state index contributed by atoms with van der Waals surface area (Å²) in [5.74, 6) is 1.71. The van der Waals surface area contributed by atoms with E-state index in [0.717, 1.165) is 45.1 Å². The number of aromatic nitrogens is 5. The maximum Gasteiger partial charge on any atom is 2.00 e. The predicted molar refractivity (Wildman–Crippen MR) is 104 cm³/mol. The number of fused-ring (bicyclic) bond motifs is 2. The molecular weight excluding hydrogens is 449 g/mol. The first-order valence-electron chi connectivity index (χ1n) is 8.53. The number of halogens is 2. The van der Waals surface area contributed by atoms with Crippen LogP contribution in [0.25, 0.3) is 45.1 Å². The Hall–Kier alpha value is -2.37. The number of para-hydroxylation sites is 4. The number of pyridine rings is 1. The van der Waals surface area contributed by atoms with Gasteiger partial charge in [0.1, 0.15) is 11.4 Å². The molecule has 0 amide bonds. The fourth-order valence-corrected chi connectivity index (χ4v) is 3.43. The average molecular weight is 466 g/mol. The standard InChI is InChI=1S/C21H17N5.2ClH.Fe/c1-25-18-12-5-3-8-14(18)23-20(25)16-10-7-11-17(22-16)21-24-15-9-4-6-13-19(15)26(21)2;;;/h3-13H,1-2H3;2*1H;/q;;;+2/p-2. The van der Waals surface area contributed by atoms with Gasteiger partial charge in [-0.1, -0.05) is 30.3 Å². The molecule has 2 aromatic carbocycles. The molecular formula is C21H17Cl2FeN5. The summed E-state index contributed by atoms with van der Waals surface area (Å²) < 4.78 is 4.16. The molecule has 3 aromatic heterocycles. The molecule has 0 radical (unpaired) electrons. The van der Waals surface area contributed by atoms with Crippen LogP contribution in [0, 0.1) is 0 Å². The van der Waals surface area contributed by atoms with Gasteiger partial charge in [0.2, 0.25) is 0 Å². The van der Waals surface area contributed by atoms with E-state index in [1.807, 2.05) is 68.7 Å². The zero-order valence-corrected chi connectivity index (χ0v) is 18.3. The molecule has 0 aliphatic rings. The van der Waals surface area contributed by atoms with Crippen LogP contribution in [0.4, 0.5) is 0 Å². The van der Waals surface area contributed by atoms with Crippen LogP contribution in [0.3, 0.4) is 0 Å². The molecule has 0 saturated carbocycles. The number of hydrogen-bond acceptors (Lipinski definition) is 3. The number of nitrogens with zero attached hydrogens (tertiary/aromatic N) is 5. The number of rotatable bonds is 2. The van der Waals surface area contributed by atoms with E-state index in [1.54, 1.807) is 0 Å². The van der Waals surface area contributed by atoms with Crippen molar-refractivity contribution >= 4 is 22.1 Å². The minimum Gasteiger partial charge on any atom is -1.00 e. The molecule has 0 aliphatic carbocycles. The maximum absolute atomic E-state index is 4.86. The second-order valence-corrected chi connectivity index (χ2v) is 6.37. The second-order valence-electron chi connectivity index (χ2n) is 6.37. The molecule has 5 nitrogen and oxygen atoms in total. The van der Waals surface area contributed by atoms with Crippen molar-refractivity contribution in [3.05, 3.63) is 66.7 Å². The molecule has 29 heavy (non-hydrogen) atoms. The van der Waals surface area contributed by atoms with Crippen LogP contribution in [0.5, 0.6) is 0 Å². The second kappa shape index (κ2) is 8.97. The number of hydrogen-bond donors (Lipinski definition) is 0. The van der Waals surface area contributed by atoms with Crippen LogP contribution in [-0.2, 0) is 31.2 Å². The topological polar surface area (TPSA) is 48.5 Å². The third kappa shape index (κ3) is 3.77. The first-order valence-corrected chi connectivity index (χ1v) is 8.53.